The van der Waals surface area contributed by atoms with Crippen LogP contribution in [-0.2, 0) is 17.1 Å². The Morgan fingerprint density at radius 3 is 2.52 bits per heavy atom. The summed E-state index contributed by atoms with van der Waals surface area (Å²) in [5, 5.41) is 20.9. The first-order chi connectivity index (χ1) is 21.4. The Morgan fingerprint density at radius 2 is 1.77 bits per heavy atom. The van der Waals surface area contributed by atoms with E-state index >= 15 is 0 Å². The molecule has 2 saturated carbocycles. The Balaban J connectivity index is 1.16. The van der Waals surface area contributed by atoms with Gasteiger partial charge in [0.1, 0.15) is 11.6 Å². The molecule has 1 aliphatic heterocycles. The van der Waals surface area contributed by atoms with E-state index in [-0.39, 0.29) is 11.9 Å². The maximum absolute atomic E-state index is 12.6. The summed E-state index contributed by atoms with van der Waals surface area (Å²) in [4.78, 5) is 16.0. The lowest BCUT2D eigenvalue weighted by Gasteiger charge is -2.34. The average molecular weight is 614 g/mol. The predicted octanol–water partition coefficient (Wildman–Crippen LogP) is 3.43. The minimum Gasteiger partial charge on any atom is -0.396 e. The number of nitrogens with one attached hydrogen (secondary N) is 1. The number of nitrogens with zero attached hydrogens (tertiary/aromatic N) is 8. The molecule has 2 aliphatic carbocycles. The summed E-state index contributed by atoms with van der Waals surface area (Å²) in [6.07, 6.45) is 14.7. The second-order valence-corrected chi connectivity index (χ2v) is 13.9. The molecule has 3 aliphatic rings. The van der Waals surface area contributed by atoms with Gasteiger partial charge in [-0.05, 0) is 56.9 Å². The summed E-state index contributed by atoms with van der Waals surface area (Å²) in [5.41, 5.74) is 4.52. The molecule has 0 spiro atoms. The fourth-order valence-corrected chi connectivity index (χ4v) is 7.29. The smallest absolute Gasteiger partial charge is 0.256 e. The molecule has 4 aromatic rings. The number of piperidine rings is 1. The highest BCUT2D eigenvalue weighted by Gasteiger charge is 2.37. The molecule has 0 unspecified atom stereocenters. The molecule has 0 radical (unpaired) electrons. The van der Waals surface area contributed by atoms with Crippen LogP contribution in [0.1, 0.15) is 67.7 Å². The van der Waals surface area contributed by atoms with E-state index in [1.165, 1.54) is 30.9 Å². The molecule has 44 heavy (non-hydrogen) atoms. The Labute approximate surface area is 256 Å². The lowest BCUT2D eigenvalue weighted by atomic mass is 9.93. The van der Waals surface area contributed by atoms with Crippen LogP contribution >= 0.6 is 0 Å². The van der Waals surface area contributed by atoms with Gasteiger partial charge < -0.3 is 15.3 Å². The van der Waals surface area contributed by atoms with E-state index in [0.717, 1.165) is 53.3 Å². The van der Waals surface area contributed by atoms with E-state index in [9.17, 15) is 13.5 Å². The van der Waals surface area contributed by atoms with E-state index in [0.29, 0.717) is 47.7 Å². The van der Waals surface area contributed by atoms with Gasteiger partial charge in [0.25, 0.3) is 10.0 Å². The monoisotopic (exact) mass is 613 g/mol. The Hall–Kier alpha value is -4.28. The third kappa shape index (κ3) is 5.92. The number of anilines is 3. The van der Waals surface area contributed by atoms with Crippen LogP contribution < -0.4 is 10.2 Å². The molecule has 0 bridgehead atoms. The Morgan fingerprint density at radius 1 is 0.977 bits per heavy atom. The van der Waals surface area contributed by atoms with Crippen LogP contribution in [-0.4, -0.2) is 72.4 Å². The first-order valence-corrected chi connectivity index (χ1v) is 16.7. The lowest BCUT2D eigenvalue weighted by Crippen LogP contribution is -2.34. The number of rotatable bonds is 9. The topological polar surface area (TPSA) is 144 Å². The summed E-state index contributed by atoms with van der Waals surface area (Å²) in [6.45, 7) is 1.96. The number of aryl methyl sites for hydroxylation is 1. The van der Waals surface area contributed by atoms with Gasteiger partial charge in [-0.15, -0.1) is 0 Å². The van der Waals surface area contributed by atoms with Crippen molar-refractivity contribution in [3.63, 3.8) is 0 Å². The van der Waals surface area contributed by atoms with Crippen molar-refractivity contribution < 1.29 is 13.5 Å². The normalized spacial score (nSPS) is 17.4. The van der Waals surface area contributed by atoms with Gasteiger partial charge in [0.2, 0.25) is 0 Å². The van der Waals surface area contributed by atoms with Crippen molar-refractivity contribution >= 4 is 27.3 Å². The molecule has 3 fully saturated rings. The van der Waals surface area contributed by atoms with Gasteiger partial charge in [0, 0.05) is 51.1 Å². The fraction of sp³-hybridized carbons (Fsp3) is 0.452. The quantitative estimate of drug-likeness (QED) is 0.270. The van der Waals surface area contributed by atoms with Crippen molar-refractivity contribution in [1.82, 2.24) is 33.9 Å². The Kier molecular flexibility index (Phi) is 7.55. The number of aliphatic hydroxyl groups is 1. The van der Waals surface area contributed by atoms with Crippen molar-refractivity contribution in [3.05, 3.63) is 59.9 Å². The van der Waals surface area contributed by atoms with Crippen molar-refractivity contribution in [3.8, 4) is 23.2 Å². The zero-order valence-electron chi connectivity index (χ0n) is 24.6. The predicted molar refractivity (Wildman–Crippen MR) is 166 cm³/mol. The molecule has 13 heteroatoms. The zero-order valence-corrected chi connectivity index (χ0v) is 25.4. The largest absolute Gasteiger partial charge is 0.396 e. The summed E-state index contributed by atoms with van der Waals surface area (Å²) in [5.74, 6) is 9.32. The van der Waals surface area contributed by atoms with Crippen molar-refractivity contribution in [1.29, 1.82) is 0 Å². The van der Waals surface area contributed by atoms with Crippen LogP contribution in [0.4, 0.5) is 17.3 Å². The van der Waals surface area contributed by atoms with E-state index < -0.39 is 10.0 Å². The molecule has 1 saturated heterocycles. The highest BCUT2D eigenvalue weighted by atomic mass is 32.2. The summed E-state index contributed by atoms with van der Waals surface area (Å²) >= 11 is 0. The SMILES string of the molecule is Cn1ncc(C#Cc2cnc(Nc3ccnc(-c4cnn(S(=O)(=O)C5CC5)c4)n3)cc2N2CCC(CCO)CC2)c1C1CC1. The summed E-state index contributed by atoms with van der Waals surface area (Å²) in [6, 6.07) is 3.75. The van der Waals surface area contributed by atoms with Gasteiger partial charge >= 0.3 is 0 Å². The van der Waals surface area contributed by atoms with Gasteiger partial charge in [-0.3, -0.25) is 4.68 Å². The minimum atomic E-state index is -3.47. The van der Waals surface area contributed by atoms with Crippen molar-refractivity contribution in [2.24, 2.45) is 13.0 Å². The molecule has 228 valence electrons. The molecule has 12 nitrogen and oxygen atoms in total. The van der Waals surface area contributed by atoms with Crippen LogP contribution in [0, 0.1) is 17.8 Å². The Bertz CT molecular complexity index is 1840. The molecule has 2 N–H and O–H groups in total. The average Bonchev–Trinajstić information content (AvgIpc) is 3.97. The van der Waals surface area contributed by atoms with Crippen LogP contribution in [0.3, 0.4) is 0 Å². The second kappa shape index (κ2) is 11.7. The highest BCUT2D eigenvalue weighted by Crippen LogP contribution is 2.41. The molecule has 5 heterocycles. The van der Waals surface area contributed by atoms with E-state index in [4.69, 9.17) is 0 Å². The van der Waals surface area contributed by atoms with E-state index in [1.54, 1.807) is 18.5 Å². The molecular weight excluding hydrogens is 578 g/mol. The van der Waals surface area contributed by atoms with Gasteiger partial charge in [0.15, 0.2) is 5.82 Å². The number of aromatic nitrogens is 7. The van der Waals surface area contributed by atoms with Crippen molar-refractivity contribution in [2.45, 2.75) is 56.1 Å². The first-order valence-electron chi connectivity index (χ1n) is 15.2. The van der Waals surface area contributed by atoms with Gasteiger partial charge in [0.05, 0.1) is 51.9 Å². The fourth-order valence-electron chi connectivity index (χ4n) is 5.81. The van der Waals surface area contributed by atoms with Crippen molar-refractivity contribution in [2.75, 3.05) is 29.9 Å². The minimum absolute atomic E-state index is 0.219. The zero-order chi connectivity index (χ0) is 30.3. The maximum Gasteiger partial charge on any atom is 0.256 e. The van der Waals surface area contributed by atoms with Crippen LogP contribution in [0.5, 0.6) is 0 Å². The van der Waals surface area contributed by atoms with Crippen LogP contribution in [0.25, 0.3) is 11.4 Å². The standard InChI is InChI=1S/C31H35N9O3S/c1-38-30(22-2-3-22)24(18-34-38)5-4-23-17-33-29(16-27(23)39-13-9-21(10-14-39)11-15-41)36-28-8-12-32-31(37-28)25-19-35-40(20-25)44(42,43)26-6-7-26/h8,12,16-22,26,41H,2-3,6-7,9-11,13-15H2,1H3,(H,32,33,36,37). The van der Waals surface area contributed by atoms with E-state index in [1.807, 2.05) is 24.0 Å². The molecule has 7 rings (SSSR count). The summed E-state index contributed by atoms with van der Waals surface area (Å²) < 4.78 is 28.1. The molecule has 0 amide bonds. The molecule has 0 aromatic carbocycles. The van der Waals surface area contributed by atoms with Gasteiger partial charge in [-0.25, -0.2) is 23.4 Å². The molecule has 0 atom stereocenters. The second-order valence-electron chi connectivity index (χ2n) is 11.9. The third-order valence-electron chi connectivity index (χ3n) is 8.59. The number of hydrogen-bond acceptors (Lipinski definition) is 10. The van der Waals surface area contributed by atoms with Crippen LogP contribution in [0.15, 0.2) is 43.1 Å². The molecule has 4 aromatic heterocycles. The molecular formula is C31H35N9O3S. The number of hydrogen-bond donors (Lipinski definition) is 2. The third-order valence-corrected chi connectivity index (χ3v) is 10.6. The van der Waals surface area contributed by atoms with Gasteiger partial charge in [-0.2, -0.15) is 14.3 Å². The van der Waals surface area contributed by atoms with E-state index in [2.05, 4.69) is 47.2 Å². The highest BCUT2D eigenvalue weighted by molar-refractivity contribution is 7.90. The number of pyridine rings is 1. The van der Waals surface area contributed by atoms with Crippen LogP contribution in [0.2, 0.25) is 0 Å². The van der Waals surface area contributed by atoms with Gasteiger partial charge in [-0.1, -0.05) is 11.8 Å². The maximum atomic E-state index is 12.6. The first kappa shape index (κ1) is 28.5. The summed E-state index contributed by atoms with van der Waals surface area (Å²) in [7, 11) is -1.50. The number of aliphatic hydroxyl groups excluding tert-OH is 1. The lowest BCUT2D eigenvalue weighted by molar-refractivity contribution is 0.240.